The van der Waals surface area contributed by atoms with Gasteiger partial charge in [-0.3, -0.25) is 0 Å². The summed E-state index contributed by atoms with van der Waals surface area (Å²) in [5.41, 5.74) is 5.25. The molecule has 9 aromatic rings. The van der Waals surface area contributed by atoms with Crippen LogP contribution in [-0.2, 0) is 0 Å². The number of hydrogen-bond acceptors (Lipinski definition) is 2. The second-order valence-electron chi connectivity index (χ2n) is 10.5. The predicted octanol–water partition coefficient (Wildman–Crippen LogP) is 12.1. The van der Waals surface area contributed by atoms with E-state index in [0.717, 1.165) is 0 Å². The highest BCUT2D eigenvalue weighted by Gasteiger charge is 2.21. The fourth-order valence-corrected chi connectivity index (χ4v) is 8.67. The van der Waals surface area contributed by atoms with Crippen LogP contribution in [0.3, 0.4) is 0 Å². The zero-order valence-corrected chi connectivity index (χ0v) is 23.2. The lowest BCUT2D eigenvalue weighted by atomic mass is 9.85. The minimum absolute atomic E-state index is 1.26. The Bertz CT molecular complexity index is 2380. The van der Waals surface area contributed by atoms with E-state index in [2.05, 4.69) is 133 Å². The fraction of sp³-hybridized carbons (Fsp3) is 0. The first-order valence-corrected chi connectivity index (χ1v) is 15.3. The molecule has 0 N–H and O–H groups in total. The summed E-state index contributed by atoms with van der Waals surface area (Å²) in [7, 11) is 0. The van der Waals surface area contributed by atoms with Crippen LogP contribution in [0.15, 0.2) is 133 Å². The van der Waals surface area contributed by atoms with Crippen LogP contribution in [0, 0.1) is 0 Å². The Labute approximate surface area is 239 Å². The van der Waals surface area contributed by atoms with Gasteiger partial charge in [0.25, 0.3) is 0 Å². The van der Waals surface area contributed by atoms with Crippen molar-refractivity contribution in [3.63, 3.8) is 0 Å². The Morgan fingerprint density at radius 1 is 0.425 bits per heavy atom. The van der Waals surface area contributed by atoms with Crippen LogP contribution in [0.4, 0.5) is 0 Å². The maximum atomic E-state index is 2.45. The maximum absolute atomic E-state index is 2.45. The van der Waals surface area contributed by atoms with Crippen molar-refractivity contribution in [3.8, 4) is 22.3 Å². The number of thiophene rings is 2. The van der Waals surface area contributed by atoms with Gasteiger partial charge in [-0.15, -0.1) is 22.7 Å². The molecule has 0 bridgehead atoms. The van der Waals surface area contributed by atoms with E-state index in [1.807, 2.05) is 22.7 Å². The number of fused-ring (bicyclic) bond motifs is 8. The minimum Gasteiger partial charge on any atom is -0.144 e. The third-order valence-electron chi connectivity index (χ3n) is 8.32. The molecule has 2 heterocycles. The van der Waals surface area contributed by atoms with Crippen LogP contribution in [0.1, 0.15) is 0 Å². The summed E-state index contributed by atoms with van der Waals surface area (Å²) in [5.74, 6) is 0. The molecule has 186 valence electrons. The lowest BCUT2D eigenvalue weighted by Crippen LogP contribution is -1.91. The van der Waals surface area contributed by atoms with E-state index in [0.29, 0.717) is 0 Å². The largest absolute Gasteiger partial charge is 0.144 e. The molecule has 2 aromatic heterocycles. The summed E-state index contributed by atoms with van der Waals surface area (Å²) in [5, 5.41) is 14.1. The molecular formula is C38H22S2. The topological polar surface area (TPSA) is 0 Å². The molecule has 0 radical (unpaired) electrons. The summed E-state index contributed by atoms with van der Waals surface area (Å²) in [4.78, 5) is 0. The molecule has 0 saturated heterocycles. The van der Waals surface area contributed by atoms with Crippen molar-refractivity contribution < 1.29 is 0 Å². The zero-order chi connectivity index (χ0) is 26.2. The molecule has 0 amide bonds. The van der Waals surface area contributed by atoms with Crippen molar-refractivity contribution in [1.29, 1.82) is 0 Å². The average Bonchev–Trinajstić information content (AvgIpc) is 3.64. The first kappa shape index (κ1) is 22.3. The summed E-state index contributed by atoms with van der Waals surface area (Å²) < 4.78 is 4.07. The number of rotatable bonds is 2. The highest BCUT2D eigenvalue weighted by Crippen LogP contribution is 2.50. The van der Waals surface area contributed by atoms with E-state index in [-0.39, 0.29) is 0 Å². The van der Waals surface area contributed by atoms with Crippen molar-refractivity contribution in [1.82, 2.24) is 0 Å². The third-order valence-corrected chi connectivity index (χ3v) is 10.4. The molecular weight excluding hydrogens is 521 g/mol. The molecule has 0 aliphatic carbocycles. The first-order valence-electron chi connectivity index (χ1n) is 13.6. The highest BCUT2D eigenvalue weighted by atomic mass is 32.1. The summed E-state index contributed by atoms with van der Waals surface area (Å²) >= 11 is 3.76. The zero-order valence-electron chi connectivity index (χ0n) is 21.5. The Morgan fingerprint density at radius 2 is 1.02 bits per heavy atom. The van der Waals surface area contributed by atoms with E-state index in [1.54, 1.807) is 0 Å². The van der Waals surface area contributed by atoms with Crippen LogP contribution in [0.2, 0.25) is 0 Å². The minimum atomic E-state index is 1.26. The standard InChI is InChI=1S/C38H22S2/c1-2-10-24-21-25(18-17-23(24)9-1)35-26-11-3-5-13-28(26)36(29-14-6-4-12-27(29)35)32-22-34-31(19-20-39-34)37-30-15-7-8-16-33(30)40-38(32)37/h1-22H. The van der Waals surface area contributed by atoms with E-state index in [9.17, 15) is 0 Å². The van der Waals surface area contributed by atoms with Gasteiger partial charge in [0.05, 0.1) is 0 Å². The van der Waals surface area contributed by atoms with Gasteiger partial charge in [0, 0.05) is 35.8 Å². The smallest absolute Gasteiger partial charge is 0.0441 e. The molecule has 0 atom stereocenters. The second-order valence-corrected chi connectivity index (χ2v) is 12.5. The summed E-state index contributed by atoms with van der Waals surface area (Å²) in [6, 6.07) is 47.2. The Balaban J connectivity index is 1.47. The Hall–Kier alpha value is -4.50. The summed E-state index contributed by atoms with van der Waals surface area (Å²) in [6.45, 7) is 0. The van der Waals surface area contributed by atoms with E-state index >= 15 is 0 Å². The number of hydrogen-bond donors (Lipinski definition) is 0. The lowest BCUT2D eigenvalue weighted by Gasteiger charge is -2.18. The van der Waals surface area contributed by atoms with Crippen LogP contribution in [-0.4, -0.2) is 0 Å². The molecule has 9 rings (SSSR count). The Kier molecular flexibility index (Phi) is 4.74. The molecule has 0 fully saturated rings. The third kappa shape index (κ3) is 3.12. The SMILES string of the molecule is c1ccc2cc(-c3c4ccccc4c(-c4cc5sccc5c5c4sc4ccccc45)c4ccccc34)ccc2c1. The van der Waals surface area contributed by atoms with Gasteiger partial charge in [-0.1, -0.05) is 103 Å². The summed E-state index contributed by atoms with van der Waals surface area (Å²) in [6.07, 6.45) is 0. The normalized spacial score (nSPS) is 12.0. The molecule has 2 heteroatoms. The van der Waals surface area contributed by atoms with Crippen LogP contribution < -0.4 is 0 Å². The van der Waals surface area contributed by atoms with E-state index in [4.69, 9.17) is 0 Å². The molecule has 0 unspecified atom stereocenters. The van der Waals surface area contributed by atoms with Crippen molar-refractivity contribution in [3.05, 3.63) is 133 Å². The van der Waals surface area contributed by atoms with Crippen LogP contribution in [0.25, 0.3) is 84.8 Å². The molecule has 0 aliphatic rings. The van der Waals surface area contributed by atoms with Crippen molar-refractivity contribution in [2.75, 3.05) is 0 Å². The van der Waals surface area contributed by atoms with Gasteiger partial charge in [0.15, 0.2) is 0 Å². The van der Waals surface area contributed by atoms with Gasteiger partial charge in [0.2, 0.25) is 0 Å². The van der Waals surface area contributed by atoms with Crippen LogP contribution in [0.5, 0.6) is 0 Å². The second kappa shape index (κ2) is 8.50. The molecule has 40 heavy (non-hydrogen) atoms. The quantitative estimate of drug-likeness (QED) is 0.191. The maximum Gasteiger partial charge on any atom is 0.0441 e. The van der Waals surface area contributed by atoms with Crippen molar-refractivity contribution in [2.24, 2.45) is 0 Å². The molecule has 0 saturated carbocycles. The van der Waals surface area contributed by atoms with Crippen molar-refractivity contribution >= 4 is 85.2 Å². The monoisotopic (exact) mass is 542 g/mol. The highest BCUT2D eigenvalue weighted by molar-refractivity contribution is 7.27. The fourth-order valence-electron chi connectivity index (χ4n) is 6.60. The van der Waals surface area contributed by atoms with Gasteiger partial charge in [-0.25, -0.2) is 0 Å². The molecule has 0 spiro atoms. The number of benzene rings is 7. The first-order chi connectivity index (χ1) is 19.8. The molecule has 0 nitrogen and oxygen atoms in total. The van der Waals surface area contributed by atoms with E-state index < -0.39 is 0 Å². The van der Waals surface area contributed by atoms with Gasteiger partial charge >= 0.3 is 0 Å². The molecule has 7 aromatic carbocycles. The van der Waals surface area contributed by atoms with Gasteiger partial charge < -0.3 is 0 Å². The van der Waals surface area contributed by atoms with Gasteiger partial charge in [-0.05, 0) is 78.7 Å². The predicted molar refractivity (Wildman–Crippen MR) is 178 cm³/mol. The van der Waals surface area contributed by atoms with E-state index in [1.165, 1.54) is 84.8 Å². The van der Waals surface area contributed by atoms with Gasteiger partial charge in [-0.2, -0.15) is 0 Å². The van der Waals surface area contributed by atoms with Crippen LogP contribution >= 0.6 is 22.7 Å². The lowest BCUT2D eigenvalue weighted by molar-refractivity contribution is 1.70. The molecule has 0 aliphatic heterocycles. The Morgan fingerprint density at radius 3 is 1.77 bits per heavy atom. The van der Waals surface area contributed by atoms with Crippen molar-refractivity contribution in [2.45, 2.75) is 0 Å². The average molecular weight is 543 g/mol. The van der Waals surface area contributed by atoms with Gasteiger partial charge in [0.1, 0.15) is 0 Å².